The first-order chi connectivity index (χ1) is 10.7. The Morgan fingerprint density at radius 1 is 1.05 bits per heavy atom. The third kappa shape index (κ3) is 4.81. The molecule has 0 aromatic heterocycles. The fraction of sp³-hybridized carbons (Fsp3) is 0.250. The van der Waals surface area contributed by atoms with E-state index in [1.807, 2.05) is 36.4 Å². The highest BCUT2D eigenvalue weighted by Gasteiger charge is 1.99. The van der Waals surface area contributed by atoms with Crippen molar-refractivity contribution >= 4 is 23.2 Å². The molecule has 0 aliphatic carbocycles. The van der Waals surface area contributed by atoms with Gasteiger partial charge in [0.25, 0.3) is 0 Å². The van der Waals surface area contributed by atoms with E-state index in [4.69, 9.17) is 17.0 Å². The van der Waals surface area contributed by atoms with Crippen LogP contribution in [0, 0.1) is 0 Å². The number of allylic oxidation sites excluding steroid dienone is 1. The Morgan fingerprint density at radius 3 is 2.32 bits per heavy atom. The van der Waals surface area contributed by atoms with Gasteiger partial charge >= 0.3 is 0 Å². The lowest BCUT2D eigenvalue weighted by molar-refractivity contribution is 0.415. The Bertz CT molecular complexity index is 624. The average Bonchev–Trinajstić information content (AvgIpc) is 2.58. The summed E-state index contributed by atoms with van der Waals surface area (Å²) in [5.74, 6) is 0.863. The second kappa shape index (κ2) is 8.50. The molecule has 1 nitrogen and oxygen atoms in total. The summed E-state index contributed by atoms with van der Waals surface area (Å²) in [6.45, 7) is 2.22. The van der Waals surface area contributed by atoms with Crippen LogP contribution in [-0.2, 0) is 6.42 Å². The van der Waals surface area contributed by atoms with Gasteiger partial charge in [-0.15, -0.1) is 0 Å². The number of thiocarbonyl (C=S) groups is 1. The number of methoxy groups -OCH3 is 1. The Kier molecular flexibility index (Phi) is 6.35. The zero-order valence-corrected chi connectivity index (χ0v) is 14.0. The van der Waals surface area contributed by atoms with Crippen molar-refractivity contribution in [1.29, 1.82) is 0 Å². The van der Waals surface area contributed by atoms with Crippen LogP contribution in [0.5, 0.6) is 5.75 Å². The molecule has 0 amide bonds. The number of aryl methyl sites for hydroxylation is 1. The predicted octanol–water partition coefficient (Wildman–Crippen LogP) is 5.47. The molecular weight excluding hydrogens is 288 g/mol. The van der Waals surface area contributed by atoms with Crippen molar-refractivity contribution in [3.8, 4) is 5.75 Å². The minimum Gasteiger partial charge on any atom is -0.497 e. The standard InChI is InChI=1S/C20H22OS/c1-3-4-5-16-6-11-18(12-7-16)20(22)15-10-17-8-13-19(21-2)14-9-17/h6-15H,3-5H2,1-2H3. The quantitative estimate of drug-likeness (QED) is 0.381. The Balaban J connectivity index is 1.99. The van der Waals surface area contributed by atoms with Crippen LogP contribution in [0.1, 0.15) is 36.5 Å². The third-order valence-electron chi connectivity index (χ3n) is 3.60. The van der Waals surface area contributed by atoms with Gasteiger partial charge in [-0.05, 0) is 47.7 Å². The minimum atomic E-state index is 0.859. The van der Waals surface area contributed by atoms with Crippen LogP contribution < -0.4 is 4.74 Å². The van der Waals surface area contributed by atoms with E-state index < -0.39 is 0 Å². The Labute approximate surface area is 138 Å². The molecule has 2 rings (SSSR count). The molecule has 0 atom stereocenters. The third-order valence-corrected chi connectivity index (χ3v) is 3.97. The van der Waals surface area contributed by atoms with Gasteiger partial charge in [0, 0.05) is 4.86 Å². The highest BCUT2D eigenvalue weighted by Crippen LogP contribution is 2.14. The van der Waals surface area contributed by atoms with Crippen molar-refractivity contribution in [3.05, 3.63) is 71.3 Å². The molecule has 114 valence electrons. The van der Waals surface area contributed by atoms with Crippen LogP contribution in [0.25, 0.3) is 6.08 Å². The van der Waals surface area contributed by atoms with E-state index in [9.17, 15) is 0 Å². The first kappa shape index (κ1) is 16.4. The minimum absolute atomic E-state index is 0.859. The van der Waals surface area contributed by atoms with Gasteiger partial charge in [0.05, 0.1) is 7.11 Å². The fourth-order valence-electron chi connectivity index (χ4n) is 2.20. The normalized spacial score (nSPS) is 10.8. The smallest absolute Gasteiger partial charge is 0.118 e. The van der Waals surface area contributed by atoms with Crippen LogP contribution in [0.2, 0.25) is 0 Å². The lowest BCUT2D eigenvalue weighted by Crippen LogP contribution is -1.93. The summed E-state index contributed by atoms with van der Waals surface area (Å²) in [4.78, 5) is 0.859. The monoisotopic (exact) mass is 310 g/mol. The predicted molar refractivity (Wildman–Crippen MR) is 98.8 cm³/mol. The number of hydrogen-bond acceptors (Lipinski definition) is 2. The van der Waals surface area contributed by atoms with Crippen LogP contribution in [-0.4, -0.2) is 12.0 Å². The lowest BCUT2D eigenvalue weighted by atomic mass is 10.0. The summed E-state index contributed by atoms with van der Waals surface area (Å²) < 4.78 is 5.15. The number of unbranched alkanes of at least 4 members (excludes halogenated alkanes) is 1. The van der Waals surface area contributed by atoms with Gasteiger partial charge in [-0.3, -0.25) is 0 Å². The van der Waals surface area contributed by atoms with E-state index in [0.717, 1.165) is 28.2 Å². The molecule has 0 heterocycles. The molecule has 0 saturated heterocycles. The molecule has 0 spiro atoms. The number of benzene rings is 2. The number of hydrogen-bond donors (Lipinski definition) is 0. The van der Waals surface area contributed by atoms with E-state index in [-0.39, 0.29) is 0 Å². The topological polar surface area (TPSA) is 9.23 Å². The molecule has 0 bridgehead atoms. The second-order valence-corrected chi connectivity index (χ2v) is 5.71. The van der Waals surface area contributed by atoms with Crippen LogP contribution in [0.15, 0.2) is 54.6 Å². The van der Waals surface area contributed by atoms with Crippen molar-refractivity contribution in [2.45, 2.75) is 26.2 Å². The molecule has 22 heavy (non-hydrogen) atoms. The van der Waals surface area contributed by atoms with Crippen molar-refractivity contribution in [2.24, 2.45) is 0 Å². The summed E-state index contributed by atoms with van der Waals surface area (Å²) >= 11 is 5.49. The SMILES string of the molecule is CCCCc1ccc(C(=S)C=Cc2ccc(OC)cc2)cc1. The molecule has 0 N–H and O–H groups in total. The zero-order chi connectivity index (χ0) is 15.8. The van der Waals surface area contributed by atoms with E-state index in [1.54, 1.807) is 7.11 Å². The van der Waals surface area contributed by atoms with Gasteiger partial charge in [0.15, 0.2) is 0 Å². The van der Waals surface area contributed by atoms with Crippen molar-refractivity contribution in [1.82, 2.24) is 0 Å². The van der Waals surface area contributed by atoms with Crippen molar-refractivity contribution < 1.29 is 4.74 Å². The van der Waals surface area contributed by atoms with Crippen LogP contribution in [0.4, 0.5) is 0 Å². The number of rotatable bonds is 7. The summed E-state index contributed by atoms with van der Waals surface area (Å²) in [5, 5.41) is 0. The van der Waals surface area contributed by atoms with E-state index >= 15 is 0 Å². The number of ether oxygens (including phenoxy) is 1. The van der Waals surface area contributed by atoms with Gasteiger partial charge < -0.3 is 4.74 Å². The Morgan fingerprint density at radius 2 is 1.73 bits per heavy atom. The van der Waals surface area contributed by atoms with Crippen molar-refractivity contribution in [3.63, 3.8) is 0 Å². The van der Waals surface area contributed by atoms with Crippen LogP contribution in [0.3, 0.4) is 0 Å². The second-order valence-electron chi connectivity index (χ2n) is 5.27. The first-order valence-electron chi connectivity index (χ1n) is 7.68. The molecular formula is C20H22OS. The van der Waals surface area contributed by atoms with Gasteiger partial charge in [-0.2, -0.15) is 0 Å². The molecule has 0 aliphatic heterocycles. The van der Waals surface area contributed by atoms with Gasteiger partial charge in [-0.25, -0.2) is 0 Å². The fourth-order valence-corrected chi connectivity index (χ4v) is 2.40. The summed E-state index contributed by atoms with van der Waals surface area (Å²) in [5.41, 5.74) is 3.59. The summed E-state index contributed by atoms with van der Waals surface area (Å²) in [7, 11) is 1.67. The molecule has 2 heteroatoms. The molecule has 0 fully saturated rings. The zero-order valence-electron chi connectivity index (χ0n) is 13.2. The highest BCUT2D eigenvalue weighted by molar-refractivity contribution is 7.81. The highest BCUT2D eigenvalue weighted by atomic mass is 32.1. The van der Waals surface area contributed by atoms with E-state index in [0.29, 0.717) is 0 Å². The molecule has 0 radical (unpaired) electrons. The molecule has 0 saturated carbocycles. The van der Waals surface area contributed by atoms with Gasteiger partial charge in [0.1, 0.15) is 5.75 Å². The van der Waals surface area contributed by atoms with E-state index in [1.165, 1.54) is 18.4 Å². The maximum Gasteiger partial charge on any atom is 0.118 e. The average molecular weight is 310 g/mol. The molecule has 0 aliphatic rings. The maximum atomic E-state index is 5.49. The Hall–Kier alpha value is -1.93. The van der Waals surface area contributed by atoms with E-state index in [2.05, 4.69) is 31.2 Å². The summed E-state index contributed by atoms with van der Waals surface area (Å²) in [6, 6.07) is 16.5. The maximum absolute atomic E-state index is 5.49. The van der Waals surface area contributed by atoms with Crippen molar-refractivity contribution in [2.75, 3.05) is 7.11 Å². The molecule has 0 unspecified atom stereocenters. The van der Waals surface area contributed by atoms with Gasteiger partial charge in [-0.1, -0.05) is 68.0 Å². The lowest BCUT2D eigenvalue weighted by Gasteiger charge is -2.03. The van der Waals surface area contributed by atoms with Gasteiger partial charge in [0.2, 0.25) is 0 Å². The molecule has 2 aromatic carbocycles. The first-order valence-corrected chi connectivity index (χ1v) is 8.09. The largest absolute Gasteiger partial charge is 0.497 e. The molecule has 2 aromatic rings. The summed E-state index contributed by atoms with van der Waals surface area (Å²) in [6.07, 6.45) is 7.63. The van der Waals surface area contributed by atoms with Crippen LogP contribution >= 0.6 is 12.2 Å².